The summed E-state index contributed by atoms with van der Waals surface area (Å²) in [5.41, 5.74) is 0. The van der Waals surface area contributed by atoms with Gasteiger partial charge in [0.15, 0.2) is 0 Å². The van der Waals surface area contributed by atoms with Crippen LogP contribution in [-0.4, -0.2) is 38.7 Å². The van der Waals surface area contributed by atoms with E-state index >= 15 is 0 Å². The van der Waals surface area contributed by atoms with Gasteiger partial charge in [0.1, 0.15) is 0 Å². The third-order valence-electron chi connectivity index (χ3n) is 5.10. The minimum absolute atomic E-state index is 0.490. The topological polar surface area (TPSA) is 18.5 Å². The van der Waals surface area contributed by atoms with Gasteiger partial charge in [0.25, 0.3) is 0 Å². The summed E-state index contributed by atoms with van der Waals surface area (Å²) in [5, 5.41) is 0. The first-order chi connectivity index (χ1) is 11.7. The molecule has 144 valence electrons. The third kappa shape index (κ3) is 13.0. The summed E-state index contributed by atoms with van der Waals surface area (Å²) in [6.45, 7) is 13.0. The van der Waals surface area contributed by atoms with Crippen LogP contribution < -0.4 is 0 Å². The molecule has 24 heavy (non-hydrogen) atoms. The van der Waals surface area contributed by atoms with E-state index < -0.39 is 21.1 Å². The van der Waals surface area contributed by atoms with E-state index in [-0.39, 0.29) is 0 Å². The fraction of sp³-hybridized carbons (Fsp3) is 1.00. The molecule has 0 saturated heterocycles. The third-order valence-corrected chi connectivity index (χ3v) is 10.4. The zero-order chi connectivity index (χ0) is 18.0. The number of hydrogen-bond acceptors (Lipinski definition) is 2. The van der Waals surface area contributed by atoms with E-state index in [1.54, 1.807) is 0 Å². The van der Waals surface area contributed by atoms with Gasteiger partial charge in [-0.3, -0.25) is 0 Å². The molecule has 0 saturated carbocycles. The molecule has 0 N–H and O–H groups in total. The second-order valence-corrected chi connectivity index (χ2v) is 11.0. The van der Waals surface area contributed by atoms with Crippen LogP contribution in [0.5, 0.6) is 0 Å². The molecule has 0 aliphatic carbocycles. The van der Waals surface area contributed by atoms with Gasteiger partial charge < -0.3 is 0 Å². The Bertz CT molecular complexity index is 244. The van der Waals surface area contributed by atoms with Crippen LogP contribution in [0, 0.1) is 11.8 Å². The van der Waals surface area contributed by atoms with Crippen molar-refractivity contribution in [1.29, 1.82) is 0 Å². The Hall–Kier alpha value is 0.719. The Morgan fingerprint density at radius 1 is 0.792 bits per heavy atom. The molecule has 2 nitrogen and oxygen atoms in total. The van der Waals surface area contributed by atoms with Crippen molar-refractivity contribution in [3.05, 3.63) is 0 Å². The fourth-order valence-corrected chi connectivity index (χ4v) is 8.96. The fourth-order valence-electron chi connectivity index (χ4n) is 3.12. The Labute approximate surface area is 163 Å². The van der Waals surface area contributed by atoms with Gasteiger partial charge in [-0.15, -0.1) is 0 Å². The van der Waals surface area contributed by atoms with Crippen molar-refractivity contribution in [3.8, 4) is 0 Å². The van der Waals surface area contributed by atoms with Crippen LogP contribution in [0.15, 0.2) is 0 Å². The quantitative estimate of drug-likeness (QED) is 0.133. The number of unbranched alkanes of at least 4 members (excludes halogenated alkanes) is 4. The molecule has 0 aromatic rings. The summed E-state index contributed by atoms with van der Waals surface area (Å²) in [6.07, 6.45) is 13.1. The predicted molar refractivity (Wildman–Crippen MR) is 108 cm³/mol. The molecule has 0 spiro atoms. The predicted octanol–water partition coefficient (Wildman–Crippen LogP) is 6.66. The molecule has 0 aliphatic heterocycles. The molecule has 2 radical (unpaired) electrons. The second kappa shape index (κ2) is 18.5. The zero-order valence-corrected chi connectivity index (χ0v) is 20.1. The molecule has 0 rings (SSSR count). The van der Waals surface area contributed by atoms with Crippen molar-refractivity contribution >= 4 is 21.1 Å². The zero-order valence-electron chi connectivity index (χ0n) is 17.2. The summed E-state index contributed by atoms with van der Waals surface area (Å²) in [5.74, 6) is 1.70. The molecule has 0 aromatic heterocycles. The SMILES string of the molecule is CCCCCCOCO[CH]([Sn][CH2]C(CC)CCCC)C(CC)CC. The van der Waals surface area contributed by atoms with Gasteiger partial charge in [0.05, 0.1) is 0 Å². The first-order valence-corrected chi connectivity index (χ1v) is 14.3. The van der Waals surface area contributed by atoms with Gasteiger partial charge in [-0.25, -0.2) is 0 Å². The number of hydrogen-bond donors (Lipinski definition) is 0. The van der Waals surface area contributed by atoms with Gasteiger partial charge in [-0.1, -0.05) is 0 Å². The molecular formula is C21H44O2Sn. The van der Waals surface area contributed by atoms with Crippen LogP contribution in [-0.2, 0) is 9.47 Å². The molecule has 2 atom stereocenters. The van der Waals surface area contributed by atoms with Crippen LogP contribution in [0.2, 0.25) is 4.44 Å². The maximum atomic E-state index is 6.25. The van der Waals surface area contributed by atoms with Gasteiger partial charge in [-0.2, -0.15) is 0 Å². The van der Waals surface area contributed by atoms with Crippen molar-refractivity contribution in [2.24, 2.45) is 11.8 Å². The maximum absolute atomic E-state index is 6.25. The summed E-state index contributed by atoms with van der Waals surface area (Å²) in [7, 11) is 0. The van der Waals surface area contributed by atoms with Crippen LogP contribution in [0.25, 0.3) is 0 Å². The molecule has 2 unspecified atom stereocenters. The van der Waals surface area contributed by atoms with Crippen LogP contribution in [0.4, 0.5) is 0 Å². The van der Waals surface area contributed by atoms with E-state index in [0.29, 0.717) is 10.9 Å². The Balaban J connectivity index is 4.13. The molecule has 3 heteroatoms. The van der Waals surface area contributed by atoms with Crippen LogP contribution >= 0.6 is 0 Å². The molecule has 0 bridgehead atoms. The summed E-state index contributed by atoms with van der Waals surface area (Å²) in [4.78, 5) is 0. The summed E-state index contributed by atoms with van der Waals surface area (Å²) >= 11 is -0.490. The van der Waals surface area contributed by atoms with Gasteiger partial charge >= 0.3 is 163 Å². The van der Waals surface area contributed by atoms with Crippen LogP contribution in [0.1, 0.15) is 98.8 Å². The first-order valence-electron chi connectivity index (χ1n) is 10.7. The van der Waals surface area contributed by atoms with E-state index in [2.05, 4.69) is 34.6 Å². The number of rotatable bonds is 18. The average molecular weight is 447 g/mol. The first kappa shape index (κ1) is 24.7. The van der Waals surface area contributed by atoms with Gasteiger partial charge in [-0.05, 0) is 0 Å². The van der Waals surface area contributed by atoms with Gasteiger partial charge in [0.2, 0.25) is 0 Å². The van der Waals surface area contributed by atoms with E-state index in [1.807, 2.05) is 0 Å². The number of ether oxygens (including phenoxy) is 2. The molecule has 0 heterocycles. The standard InChI is InChI=1S/C13H27O2.C8H17.Sn/c1-4-7-8-9-10-14-12-15-11-13(5-2)6-3;1-4-6-7-8(3)5-2;/h11,13H,4-10,12H2,1-3H3;8H,3-7H2,1-2H3;. The molecule has 0 amide bonds. The molecule has 0 aromatic carbocycles. The van der Waals surface area contributed by atoms with Crippen molar-refractivity contribution in [2.45, 2.75) is 107 Å². The van der Waals surface area contributed by atoms with Gasteiger partial charge in [0, 0.05) is 0 Å². The molecular weight excluding hydrogens is 403 g/mol. The minimum atomic E-state index is -0.490. The van der Waals surface area contributed by atoms with E-state index in [1.165, 1.54) is 68.6 Å². The van der Waals surface area contributed by atoms with Crippen LogP contribution in [0.3, 0.4) is 0 Å². The Morgan fingerprint density at radius 3 is 2.08 bits per heavy atom. The average Bonchev–Trinajstić information content (AvgIpc) is 2.61. The van der Waals surface area contributed by atoms with E-state index in [4.69, 9.17) is 9.47 Å². The summed E-state index contributed by atoms with van der Waals surface area (Å²) in [6, 6.07) is 0. The van der Waals surface area contributed by atoms with E-state index in [9.17, 15) is 0 Å². The Kier molecular flexibility index (Phi) is 19.1. The molecule has 0 fully saturated rings. The van der Waals surface area contributed by atoms with Crippen molar-refractivity contribution < 1.29 is 9.47 Å². The molecule has 0 aliphatic rings. The van der Waals surface area contributed by atoms with Crippen molar-refractivity contribution in [3.63, 3.8) is 0 Å². The van der Waals surface area contributed by atoms with Crippen molar-refractivity contribution in [1.82, 2.24) is 0 Å². The summed E-state index contributed by atoms with van der Waals surface area (Å²) < 4.78 is 14.0. The Morgan fingerprint density at radius 2 is 1.50 bits per heavy atom. The van der Waals surface area contributed by atoms with Crippen molar-refractivity contribution in [2.75, 3.05) is 13.4 Å². The van der Waals surface area contributed by atoms with E-state index in [0.717, 1.165) is 18.4 Å². The second-order valence-electron chi connectivity index (χ2n) is 7.08. The normalized spacial score (nSPS) is 14.2. The monoisotopic (exact) mass is 448 g/mol.